The van der Waals surface area contributed by atoms with Gasteiger partial charge in [-0.1, -0.05) is 0 Å². The van der Waals surface area contributed by atoms with Crippen molar-refractivity contribution in [2.45, 2.75) is 38.1 Å². The van der Waals surface area contributed by atoms with Gasteiger partial charge in [-0.25, -0.2) is 0 Å². The quantitative estimate of drug-likeness (QED) is 0.731. The third-order valence-electron chi connectivity index (χ3n) is 3.73. The van der Waals surface area contributed by atoms with Gasteiger partial charge in [-0.15, -0.1) is 0 Å². The largest absolute Gasteiger partial charge is 0.353 e. The molecule has 5 heteroatoms. The van der Waals surface area contributed by atoms with Crippen molar-refractivity contribution in [3.05, 3.63) is 0 Å². The zero-order valence-corrected chi connectivity index (χ0v) is 11.1. The lowest BCUT2D eigenvalue weighted by Crippen LogP contribution is -2.47. The topological polar surface area (TPSA) is 61.4 Å². The lowest BCUT2D eigenvalue weighted by molar-refractivity contribution is -0.132. The molecule has 18 heavy (non-hydrogen) atoms. The van der Waals surface area contributed by atoms with Crippen molar-refractivity contribution in [3.63, 3.8) is 0 Å². The average molecular weight is 253 g/mol. The minimum absolute atomic E-state index is 0.218. The van der Waals surface area contributed by atoms with Gasteiger partial charge in [0.1, 0.15) is 0 Å². The van der Waals surface area contributed by atoms with Crippen LogP contribution < -0.4 is 10.6 Å². The Labute approximate surface area is 108 Å². The van der Waals surface area contributed by atoms with Crippen LogP contribution in [0.2, 0.25) is 0 Å². The van der Waals surface area contributed by atoms with E-state index in [9.17, 15) is 9.59 Å². The molecule has 2 fully saturated rings. The zero-order chi connectivity index (χ0) is 13.0. The van der Waals surface area contributed by atoms with Crippen molar-refractivity contribution >= 4 is 11.8 Å². The Morgan fingerprint density at radius 1 is 1.17 bits per heavy atom. The van der Waals surface area contributed by atoms with E-state index in [-0.39, 0.29) is 23.8 Å². The number of piperidine rings is 1. The summed E-state index contributed by atoms with van der Waals surface area (Å²) in [6, 6.07) is 0.270. The number of carbonyl (C=O) groups is 2. The van der Waals surface area contributed by atoms with Crippen LogP contribution in [-0.2, 0) is 9.59 Å². The summed E-state index contributed by atoms with van der Waals surface area (Å²) >= 11 is 0. The molecule has 2 aliphatic rings. The minimum Gasteiger partial charge on any atom is -0.353 e. The number of hydrogen-bond donors (Lipinski definition) is 2. The Kier molecular flexibility index (Phi) is 4.58. The van der Waals surface area contributed by atoms with E-state index < -0.39 is 0 Å². The average Bonchev–Trinajstić information content (AvgIpc) is 3.21. The van der Waals surface area contributed by atoms with Gasteiger partial charge in [0.05, 0.1) is 0 Å². The van der Waals surface area contributed by atoms with E-state index in [0.29, 0.717) is 6.42 Å². The van der Waals surface area contributed by atoms with E-state index in [1.807, 2.05) is 11.9 Å². The molecule has 1 heterocycles. The SMILES string of the molecule is CNCCC(=O)N1CCC(NC(=O)C2CC2)CC1. The molecule has 0 aromatic heterocycles. The van der Waals surface area contributed by atoms with Gasteiger partial charge in [0, 0.05) is 38.0 Å². The molecule has 1 saturated carbocycles. The molecular weight excluding hydrogens is 230 g/mol. The number of nitrogens with one attached hydrogen (secondary N) is 2. The molecular formula is C13H23N3O2. The van der Waals surface area contributed by atoms with E-state index in [0.717, 1.165) is 45.3 Å². The second-order valence-corrected chi connectivity index (χ2v) is 5.29. The number of carbonyl (C=O) groups excluding carboxylic acids is 2. The molecule has 1 aliphatic carbocycles. The van der Waals surface area contributed by atoms with Crippen molar-refractivity contribution in [1.82, 2.24) is 15.5 Å². The number of likely N-dealkylation sites (tertiary alicyclic amines) is 1. The fourth-order valence-corrected chi connectivity index (χ4v) is 2.33. The van der Waals surface area contributed by atoms with Crippen LogP contribution in [0.15, 0.2) is 0 Å². The van der Waals surface area contributed by atoms with E-state index in [1.54, 1.807) is 0 Å². The highest BCUT2D eigenvalue weighted by Crippen LogP contribution is 2.29. The van der Waals surface area contributed by atoms with E-state index in [1.165, 1.54) is 0 Å². The van der Waals surface area contributed by atoms with Crippen LogP contribution in [0.3, 0.4) is 0 Å². The highest BCUT2D eigenvalue weighted by molar-refractivity contribution is 5.81. The lowest BCUT2D eigenvalue weighted by Gasteiger charge is -2.32. The molecule has 0 bridgehead atoms. The lowest BCUT2D eigenvalue weighted by atomic mass is 10.0. The third kappa shape index (κ3) is 3.70. The first-order chi connectivity index (χ1) is 8.70. The van der Waals surface area contributed by atoms with Gasteiger partial charge in [0.15, 0.2) is 0 Å². The summed E-state index contributed by atoms with van der Waals surface area (Å²) in [5, 5.41) is 6.08. The fourth-order valence-electron chi connectivity index (χ4n) is 2.33. The smallest absolute Gasteiger partial charge is 0.223 e. The summed E-state index contributed by atoms with van der Waals surface area (Å²) in [5.74, 6) is 0.714. The van der Waals surface area contributed by atoms with Crippen LogP contribution in [0, 0.1) is 5.92 Å². The molecule has 1 aliphatic heterocycles. The molecule has 0 aromatic carbocycles. The zero-order valence-electron chi connectivity index (χ0n) is 11.1. The standard InChI is InChI=1S/C13H23N3O2/c1-14-7-4-12(17)16-8-5-11(6-9-16)15-13(18)10-2-3-10/h10-11,14H,2-9H2,1H3,(H,15,18). The van der Waals surface area contributed by atoms with Gasteiger partial charge < -0.3 is 15.5 Å². The van der Waals surface area contributed by atoms with Crippen LogP contribution in [-0.4, -0.2) is 49.4 Å². The van der Waals surface area contributed by atoms with Gasteiger partial charge in [0.2, 0.25) is 11.8 Å². The molecule has 0 unspecified atom stereocenters. The summed E-state index contributed by atoms with van der Waals surface area (Å²) < 4.78 is 0. The van der Waals surface area contributed by atoms with Crippen LogP contribution >= 0.6 is 0 Å². The van der Waals surface area contributed by atoms with Crippen molar-refractivity contribution < 1.29 is 9.59 Å². The van der Waals surface area contributed by atoms with Gasteiger partial charge in [-0.3, -0.25) is 9.59 Å². The van der Waals surface area contributed by atoms with Crippen molar-refractivity contribution in [2.24, 2.45) is 5.92 Å². The van der Waals surface area contributed by atoms with E-state index in [2.05, 4.69) is 10.6 Å². The van der Waals surface area contributed by atoms with Crippen LogP contribution in [0.4, 0.5) is 0 Å². The first kappa shape index (κ1) is 13.3. The maximum atomic E-state index is 11.8. The van der Waals surface area contributed by atoms with Crippen LogP contribution in [0.25, 0.3) is 0 Å². The summed E-state index contributed by atoms with van der Waals surface area (Å²) in [6.07, 6.45) is 4.45. The summed E-state index contributed by atoms with van der Waals surface area (Å²) in [6.45, 7) is 2.29. The molecule has 1 saturated heterocycles. The molecule has 0 aromatic rings. The monoisotopic (exact) mass is 253 g/mol. The predicted molar refractivity (Wildman–Crippen MR) is 69.0 cm³/mol. The molecule has 102 valence electrons. The van der Waals surface area contributed by atoms with Gasteiger partial charge in [-0.05, 0) is 32.7 Å². The van der Waals surface area contributed by atoms with Crippen LogP contribution in [0.5, 0.6) is 0 Å². The Morgan fingerprint density at radius 2 is 1.83 bits per heavy atom. The second-order valence-electron chi connectivity index (χ2n) is 5.29. The molecule has 2 amide bonds. The minimum atomic E-state index is 0.218. The normalized spacial score (nSPS) is 20.8. The highest BCUT2D eigenvalue weighted by atomic mass is 16.2. The first-order valence-corrected chi connectivity index (χ1v) is 6.93. The van der Waals surface area contributed by atoms with Crippen molar-refractivity contribution in [3.8, 4) is 0 Å². The number of hydrogen-bond acceptors (Lipinski definition) is 3. The Hall–Kier alpha value is -1.10. The summed E-state index contributed by atoms with van der Waals surface area (Å²) in [5.41, 5.74) is 0. The maximum absolute atomic E-state index is 11.8. The Morgan fingerprint density at radius 3 is 2.39 bits per heavy atom. The van der Waals surface area contributed by atoms with Crippen molar-refractivity contribution in [1.29, 1.82) is 0 Å². The summed E-state index contributed by atoms with van der Waals surface area (Å²) in [4.78, 5) is 25.3. The maximum Gasteiger partial charge on any atom is 0.223 e. The van der Waals surface area contributed by atoms with Crippen molar-refractivity contribution in [2.75, 3.05) is 26.7 Å². The molecule has 5 nitrogen and oxygen atoms in total. The number of amides is 2. The molecule has 2 N–H and O–H groups in total. The second kappa shape index (κ2) is 6.18. The van der Waals surface area contributed by atoms with Gasteiger partial charge in [0.25, 0.3) is 0 Å². The molecule has 0 radical (unpaired) electrons. The van der Waals surface area contributed by atoms with Gasteiger partial charge in [-0.2, -0.15) is 0 Å². The van der Waals surface area contributed by atoms with E-state index >= 15 is 0 Å². The fraction of sp³-hybridized carbons (Fsp3) is 0.846. The number of rotatable bonds is 5. The highest BCUT2D eigenvalue weighted by Gasteiger charge is 2.32. The molecule has 0 spiro atoms. The number of nitrogens with zero attached hydrogens (tertiary/aromatic N) is 1. The first-order valence-electron chi connectivity index (χ1n) is 6.93. The predicted octanol–water partition coefficient (Wildman–Crippen LogP) is 0.113. The Bertz CT molecular complexity index is 307. The molecule has 2 rings (SSSR count). The Balaban J connectivity index is 1.67. The van der Waals surface area contributed by atoms with Gasteiger partial charge >= 0.3 is 0 Å². The molecule has 0 atom stereocenters. The third-order valence-corrected chi connectivity index (χ3v) is 3.73. The van der Waals surface area contributed by atoms with E-state index in [4.69, 9.17) is 0 Å². The van der Waals surface area contributed by atoms with Crippen LogP contribution in [0.1, 0.15) is 32.1 Å². The summed E-state index contributed by atoms with van der Waals surface area (Å²) in [7, 11) is 1.85.